The lowest BCUT2D eigenvalue weighted by Crippen LogP contribution is -2.51. The van der Waals surface area contributed by atoms with Crippen LogP contribution in [0.25, 0.3) is 22.4 Å². The molecule has 3 aromatic heterocycles. The van der Waals surface area contributed by atoms with Crippen molar-refractivity contribution in [3.8, 4) is 11.4 Å². The van der Waals surface area contributed by atoms with Crippen LogP contribution in [0.15, 0.2) is 30.5 Å². The Balaban J connectivity index is 0.00000210. The zero-order valence-corrected chi connectivity index (χ0v) is 15.7. The standard InChI is InChI=1S/C20H26N6.H2/c1-13(2)11-15-12-26(10-9-21-15)20-14(3)6-7-17(23-20)18-16-5-4-8-22-19(16)25-24-18;/h4-8,13,15,21H,9-12H2,1-3H3,(H,22,24,25);1H/t15-;/m0./s1. The Hall–Kier alpha value is -2.47. The molecule has 1 atom stereocenters. The highest BCUT2D eigenvalue weighted by molar-refractivity contribution is 5.89. The minimum atomic E-state index is 0. The second-order valence-corrected chi connectivity index (χ2v) is 7.54. The van der Waals surface area contributed by atoms with E-state index in [1.54, 1.807) is 6.20 Å². The fourth-order valence-electron chi connectivity index (χ4n) is 3.77. The van der Waals surface area contributed by atoms with Gasteiger partial charge in [-0.3, -0.25) is 5.10 Å². The van der Waals surface area contributed by atoms with Gasteiger partial charge in [0.25, 0.3) is 0 Å². The van der Waals surface area contributed by atoms with Crippen LogP contribution in [-0.4, -0.2) is 45.8 Å². The number of nitrogens with zero attached hydrogens (tertiary/aromatic N) is 4. The zero-order chi connectivity index (χ0) is 18.1. The van der Waals surface area contributed by atoms with E-state index in [-0.39, 0.29) is 1.43 Å². The van der Waals surface area contributed by atoms with Crippen molar-refractivity contribution in [1.82, 2.24) is 25.5 Å². The summed E-state index contributed by atoms with van der Waals surface area (Å²) in [5.41, 5.74) is 3.79. The molecule has 26 heavy (non-hydrogen) atoms. The number of hydrogen-bond donors (Lipinski definition) is 2. The molecule has 1 saturated heterocycles. The summed E-state index contributed by atoms with van der Waals surface area (Å²) in [6, 6.07) is 8.70. The van der Waals surface area contributed by atoms with E-state index in [4.69, 9.17) is 4.98 Å². The number of pyridine rings is 2. The van der Waals surface area contributed by atoms with Crippen molar-refractivity contribution in [2.45, 2.75) is 33.2 Å². The van der Waals surface area contributed by atoms with Crippen LogP contribution < -0.4 is 10.2 Å². The molecule has 1 aliphatic heterocycles. The minimum absolute atomic E-state index is 0. The maximum atomic E-state index is 5.00. The predicted octanol–water partition coefficient (Wildman–Crippen LogP) is 3.40. The van der Waals surface area contributed by atoms with E-state index in [0.717, 1.165) is 47.9 Å². The van der Waals surface area contributed by atoms with Gasteiger partial charge < -0.3 is 10.2 Å². The van der Waals surface area contributed by atoms with E-state index in [1.165, 1.54) is 12.0 Å². The molecule has 4 rings (SSSR count). The number of H-pyrrole nitrogens is 1. The van der Waals surface area contributed by atoms with E-state index in [2.05, 4.69) is 58.3 Å². The van der Waals surface area contributed by atoms with Gasteiger partial charge in [-0.15, -0.1) is 0 Å². The van der Waals surface area contributed by atoms with Crippen LogP contribution in [0.4, 0.5) is 5.82 Å². The van der Waals surface area contributed by atoms with Crippen LogP contribution in [0.2, 0.25) is 0 Å². The first kappa shape index (κ1) is 17.0. The molecule has 6 nitrogen and oxygen atoms in total. The van der Waals surface area contributed by atoms with Crippen molar-refractivity contribution >= 4 is 16.9 Å². The molecule has 0 amide bonds. The number of fused-ring (bicyclic) bond motifs is 1. The van der Waals surface area contributed by atoms with E-state index < -0.39 is 0 Å². The van der Waals surface area contributed by atoms with Crippen molar-refractivity contribution in [2.24, 2.45) is 5.92 Å². The largest absolute Gasteiger partial charge is 0.354 e. The lowest BCUT2D eigenvalue weighted by molar-refractivity contribution is 0.387. The third-order valence-electron chi connectivity index (χ3n) is 4.97. The van der Waals surface area contributed by atoms with Crippen LogP contribution in [0.5, 0.6) is 0 Å². The molecule has 0 aliphatic carbocycles. The highest BCUT2D eigenvalue weighted by Gasteiger charge is 2.23. The lowest BCUT2D eigenvalue weighted by atomic mass is 10.0. The van der Waals surface area contributed by atoms with Gasteiger partial charge in [-0.05, 0) is 43.0 Å². The van der Waals surface area contributed by atoms with Crippen LogP contribution in [-0.2, 0) is 0 Å². The summed E-state index contributed by atoms with van der Waals surface area (Å²) in [6.07, 6.45) is 2.95. The monoisotopic (exact) mass is 352 g/mol. The van der Waals surface area contributed by atoms with E-state index in [0.29, 0.717) is 12.0 Å². The smallest absolute Gasteiger partial charge is 0.181 e. The molecule has 0 bridgehead atoms. The van der Waals surface area contributed by atoms with Gasteiger partial charge in [0.15, 0.2) is 5.65 Å². The number of rotatable bonds is 4. The van der Waals surface area contributed by atoms with Crippen molar-refractivity contribution < 1.29 is 1.43 Å². The summed E-state index contributed by atoms with van der Waals surface area (Å²) in [5.74, 6) is 1.76. The fraction of sp³-hybridized carbons (Fsp3) is 0.450. The molecule has 4 heterocycles. The van der Waals surface area contributed by atoms with Crippen LogP contribution >= 0.6 is 0 Å². The molecule has 138 valence electrons. The first-order valence-corrected chi connectivity index (χ1v) is 9.37. The highest BCUT2D eigenvalue weighted by atomic mass is 15.2. The van der Waals surface area contributed by atoms with E-state index >= 15 is 0 Å². The maximum absolute atomic E-state index is 5.00. The number of nitrogens with one attached hydrogen (secondary N) is 2. The Morgan fingerprint density at radius 2 is 2.19 bits per heavy atom. The molecule has 0 unspecified atom stereocenters. The fourth-order valence-corrected chi connectivity index (χ4v) is 3.77. The number of hydrogen-bond acceptors (Lipinski definition) is 5. The molecule has 2 N–H and O–H groups in total. The second-order valence-electron chi connectivity index (χ2n) is 7.54. The van der Waals surface area contributed by atoms with E-state index in [9.17, 15) is 0 Å². The molecule has 3 aromatic rings. The Morgan fingerprint density at radius 1 is 1.31 bits per heavy atom. The molecule has 6 heteroatoms. The summed E-state index contributed by atoms with van der Waals surface area (Å²) in [6.45, 7) is 9.68. The van der Waals surface area contributed by atoms with Crippen molar-refractivity contribution in [3.05, 3.63) is 36.0 Å². The quantitative estimate of drug-likeness (QED) is 0.753. The molecule has 0 radical (unpaired) electrons. The molecule has 1 aliphatic rings. The topological polar surface area (TPSA) is 69.7 Å². The van der Waals surface area contributed by atoms with Crippen LogP contribution in [0.3, 0.4) is 0 Å². The second kappa shape index (κ2) is 7.03. The van der Waals surface area contributed by atoms with Gasteiger partial charge >= 0.3 is 0 Å². The summed E-state index contributed by atoms with van der Waals surface area (Å²) in [4.78, 5) is 11.7. The highest BCUT2D eigenvalue weighted by Crippen LogP contribution is 2.28. The average molecular weight is 352 g/mol. The molecular weight excluding hydrogens is 324 g/mol. The van der Waals surface area contributed by atoms with Gasteiger partial charge in [0, 0.05) is 38.7 Å². The third-order valence-corrected chi connectivity index (χ3v) is 4.97. The average Bonchev–Trinajstić information content (AvgIpc) is 3.06. The molecule has 0 aromatic carbocycles. The van der Waals surface area contributed by atoms with Crippen molar-refractivity contribution in [1.29, 1.82) is 0 Å². The van der Waals surface area contributed by atoms with Crippen molar-refractivity contribution in [2.75, 3.05) is 24.5 Å². The third kappa shape index (κ3) is 3.29. The summed E-state index contributed by atoms with van der Waals surface area (Å²) >= 11 is 0. The number of piperazine rings is 1. The van der Waals surface area contributed by atoms with Gasteiger partial charge in [-0.2, -0.15) is 5.10 Å². The van der Waals surface area contributed by atoms with Crippen molar-refractivity contribution in [3.63, 3.8) is 0 Å². The van der Waals surface area contributed by atoms with Gasteiger partial charge in [-0.25, -0.2) is 9.97 Å². The maximum Gasteiger partial charge on any atom is 0.181 e. The van der Waals surface area contributed by atoms with Crippen LogP contribution in [0, 0.1) is 12.8 Å². The Kier molecular flexibility index (Phi) is 4.59. The van der Waals surface area contributed by atoms with E-state index in [1.807, 2.05) is 12.1 Å². The molecule has 1 fully saturated rings. The lowest BCUT2D eigenvalue weighted by Gasteiger charge is -2.36. The number of anilines is 1. The summed E-state index contributed by atoms with van der Waals surface area (Å²) < 4.78 is 0. The normalized spacial score (nSPS) is 18.0. The molecule has 0 spiro atoms. The molecule has 0 saturated carbocycles. The zero-order valence-electron chi connectivity index (χ0n) is 15.7. The number of aromatic amines is 1. The summed E-state index contributed by atoms with van der Waals surface area (Å²) in [5, 5.41) is 12.1. The SMILES string of the molecule is Cc1ccc(-c2[nH]nc3ncccc23)nc1N1CCN[C@@H](CC(C)C)C1.[HH]. The Bertz CT molecular complexity index is 906. The first-order chi connectivity index (χ1) is 12.6. The minimum Gasteiger partial charge on any atom is -0.354 e. The Labute approximate surface area is 155 Å². The van der Waals surface area contributed by atoms with Crippen LogP contribution in [0.1, 0.15) is 27.3 Å². The predicted molar refractivity (Wildman–Crippen MR) is 107 cm³/mol. The number of aromatic nitrogens is 4. The Morgan fingerprint density at radius 3 is 3.04 bits per heavy atom. The first-order valence-electron chi connectivity index (χ1n) is 9.37. The van der Waals surface area contributed by atoms with Gasteiger partial charge in [0.05, 0.1) is 11.4 Å². The number of aryl methyl sites for hydroxylation is 1. The summed E-state index contributed by atoms with van der Waals surface area (Å²) in [7, 11) is 0. The van der Waals surface area contributed by atoms with Gasteiger partial charge in [-0.1, -0.05) is 19.9 Å². The van der Waals surface area contributed by atoms with Gasteiger partial charge in [0.1, 0.15) is 5.82 Å². The molecular formula is C20H28N6. The van der Waals surface area contributed by atoms with Gasteiger partial charge in [0.2, 0.25) is 0 Å².